The molecule has 0 radical (unpaired) electrons. The number of nitrogens with zero attached hydrogens (tertiary/aromatic N) is 4. The number of aryl methyl sites for hydroxylation is 1. The van der Waals surface area contributed by atoms with Crippen molar-refractivity contribution in [2.24, 2.45) is 0 Å². The van der Waals surface area contributed by atoms with Gasteiger partial charge in [0.2, 0.25) is 5.88 Å². The molecular weight excluding hydrogens is 348 g/mol. The van der Waals surface area contributed by atoms with Gasteiger partial charge in [0.25, 0.3) is 5.88 Å². The number of pyridine rings is 2. The van der Waals surface area contributed by atoms with Crippen LogP contribution in [-0.4, -0.2) is 38.5 Å². The van der Waals surface area contributed by atoms with E-state index in [1.807, 2.05) is 26.0 Å². The molecule has 4 heterocycles. The predicted molar refractivity (Wildman–Crippen MR) is 98.5 cm³/mol. The second-order valence-corrected chi connectivity index (χ2v) is 5.93. The topological polar surface area (TPSA) is 95.4 Å². The first kappa shape index (κ1) is 16.9. The van der Waals surface area contributed by atoms with Crippen molar-refractivity contribution in [2.45, 2.75) is 13.8 Å². The van der Waals surface area contributed by atoms with Gasteiger partial charge in [0, 0.05) is 24.0 Å². The Balaban J connectivity index is 1.84. The first-order chi connectivity index (χ1) is 13.1. The highest BCUT2D eigenvalue weighted by Crippen LogP contribution is 2.35. The summed E-state index contributed by atoms with van der Waals surface area (Å²) in [6, 6.07) is 5.39. The molecule has 8 nitrogen and oxygen atoms in total. The van der Waals surface area contributed by atoms with Crippen LogP contribution in [0.1, 0.15) is 12.5 Å². The average molecular weight is 366 g/mol. The molecule has 138 valence electrons. The molecule has 4 aromatic rings. The van der Waals surface area contributed by atoms with Gasteiger partial charge in [-0.3, -0.25) is 4.57 Å². The summed E-state index contributed by atoms with van der Waals surface area (Å²) in [7, 11) is 1.57. The molecule has 4 aromatic heterocycles. The number of ether oxygens (including phenoxy) is 2. The van der Waals surface area contributed by atoms with Crippen LogP contribution in [-0.2, 0) is 0 Å². The van der Waals surface area contributed by atoms with E-state index in [-0.39, 0.29) is 5.88 Å². The van der Waals surface area contributed by atoms with Crippen LogP contribution in [0.25, 0.3) is 28.0 Å². The van der Waals surface area contributed by atoms with Gasteiger partial charge in [-0.05, 0) is 31.5 Å². The van der Waals surface area contributed by atoms with Gasteiger partial charge >= 0.3 is 0 Å². The van der Waals surface area contributed by atoms with E-state index in [0.717, 1.165) is 11.1 Å². The maximum absolute atomic E-state index is 10.6. The summed E-state index contributed by atoms with van der Waals surface area (Å²) in [6.45, 7) is 4.31. The molecule has 4 rings (SSSR count). The molecule has 8 heteroatoms. The lowest BCUT2D eigenvalue weighted by molar-refractivity contribution is 0.298. The molecule has 0 unspecified atom stereocenters. The molecule has 0 atom stereocenters. The van der Waals surface area contributed by atoms with E-state index in [9.17, 15) is 5.11 Å². The van der Waals surface area contributed by atoms with Crippen LogP contribution in [0, 0.1) is 6.92 Å². The second kappa shape index (κ2) is 6.64. The number of aromatic nitrogens is 4. The molecule has 0 aliphatic heterocycles. The summed E-state index contributed by atoms with van der Waals surface area (Å²) in [4.78, 5) is 9.00. The Labute approximate surface area is 155 Å². The van der Waals surface area contributed by atoms with Gasteiger partial charge in [-0.25, -0.2) is 9.97 Å². The summed E-state index contributed by atoms with van der Waals surface area (Å²) in [5.74, 6) is 1.53. The van der Waals surface area contributed by atoms with Crippen LogP contribution >= 0.6 is 0 Å². The third-order valence-electron chi connectivity index (χ3n) is 4.23. The minimum absolute atomic E-state index is 0.0675. The van der Waals surface area contributed by atoms with Crippen molar-refractivity contribution < 1.29 is 19.1 Å². The molecule has 0 saturated heterocycles. The minimum atomic E-state index is 0.0675. The SMILES string of the molecule is CCOc1ncc(-c2cc(C)c3c(O)n(-c4ccon4)cc3n2)cc1OC. The fraction of sp³-hybridized carbons (Fsp3) is 0.211. The van der Waals surface area contributed by atoms with Crippen molar-refractivity contribution in [3.05, 3.63) is 42.4 Å². The smallest absolute Gasteiger partial charge is 0.256 e. The number of hydrogen-bond donors (Lipinski definition) is 1. The Kier molecular flexibility index (Phi) is 4.15. The van der Waals surface area contributed by atoms with Gasteiger partial charge in [0.1, 0.15) is 6.26 Å². The maximum atomic E-state index is 10.6. The summed E-state index contributed by atoms with van der Waals surface area (Å²) in [6.07, 6.45) is 4.86. The number of rotatable bonds is 5. The monoisotopic (exact) mass is 366 g/mol. The lowest BCUT2D eigenvalue weighted by atomic mass is 10.1. The fourth-order valence-corrected chi connectivity index (χ4v) is 3.00. The quantitative estimate of drug-likeness (QED) is 0.577. The first-order valence-corrected chi connectivity index (χ1v) is 8.42. The molecule has 27 heavy (non-hydrogen) atoms. The Morgan fingerprint density at radius 2 is 2.15 bits per heavy atom. The van der Waals surface area contributed by atoms with Crippen molar-refractivity contribution in [3.8, 4) is 34.6 Å². The Bertz CT molecular complexity index is 1100. The highest BCUT2D eigenvalue weighted by molar-refractivity contribution is 5.90. The van der Waals surface area contributed by atoms with Crippen molar-refractivity contribution in [1.82, 2.24) is 19.7 Å². The molecule has 0 aliphatic carbocycles. The van der Waals surface area contributed by atoms with Gasteiger partial charge in [0.15, 0.2) is 11.6 Å². The summed E-state index contributed by atoms with van der Waals surface area (Å²) in [5.41, 5.74) is 3.01. The van der Waals surface area contributed by atoms with Crippen LogP contribution in [0.4, 0.5) is 0 Å². The van der Waals surface area contributed by atoms with E-state index < -0.39 is 0 Å². The molecule has 0 spiro atoms. The zero-order valence-corrected chi connectivity index (χ0v) is 15.1. The molecule has 0 aromatic carbocycles. The maximum Gasteiger partial charge on any atom is 0.256 e. The number of hydrogen-bond acceptors (Lipinski definition) is 7. The normalized spacial score (nSPS) is 11.1. The second-order valence-electron chi connectivity index (χ2n) is 5.93. The van der Waals surface area contributed by atoms with Crippen LogP contribution in [0.15, 0.2) is 41.4 Å². The molecule has 0 aliphatic rings. The van der Waals surface area contributed by atoms with Crippen LogP contribution in [0.3, 0.4) is 0 Å². The highest BCUT2D eigenvalue weighted by atomic mass is 16.5. The van der Waals surface area contributed by atoms with Gasteiger partial charge in [-0.15, -0.1) is 0 Å². The van der Waals surface area contributed by atoms with E-state index >= 15 is 0 Å². The van der Waals surface area contributed by atoms with E-state index in [1.54, 1.807) is 25.6 Å². The number of methoxy groups -OCH3 is 1. The fourth-order valence-electron chi connectivity index (χ4n) is 3.00. The first-order valence-electron chi connectivity index (χ1n) is 8.42. The zero-order chi connectivity index (χ0) is 19.0. The van der Waals surface area contributed by atoms with Crippen molar-refractivity contribution in [2.75, 3.05) is 13.7 Å². The predicted octanol–water partition coefficient (Wildman–Crippen LogP) is 3.50. The molecule has 0 fully saturated rings. The number of aromatic hydroxyl groups is 1. The van der Waals surface area contributed by atoms with Gasteiger partial charge in [0.05, 0.1) is 30.3 Å². The van der Waals surface area contributed by atoms with E-state index in [4.69, 9.17) is 14.0 Å². The zero-order valence-electron chi connectivity index (χ0n) is 15.1. The van der Waals surface area contributed by atoms with Gasteiger partial charge in [-0.1, -0.05) is 5.16 Å². The van der Waals surface area contributed by atoms with E-state index in [2.05, 4.69) is 15.1 Å². The molecule has 0 saturated carbocycles. The van der Waals surface area contributed by atoms with Crippen molar-refractivity contribution in [1.29, 1.82) is 0 Å². The highest BCUT2D eigenvalue weighted by Gasteiger charge is 2.17. The Morgan fingerprint density at radius 1 is 1.30 bits per heavy atom. The van der Waals surface area contributed by atoms with Crippen LogP contribution < -0.4 is 9.47 Å². The van der Waals surface area contributed by atoms with Gasteiger partial charge in [-0.2, -0.15) is 0 Å². The van der Waals surface area contributed by atoms with Crippen LogP contribution in [0.5, 0.6) is 17.5 Å². The Hall–Kier alpha value is -3.55. The molecule has 0 bridgehead atoms. The lowest BCUT2D eigenvalue weighted by Crippen LogP contribution is -1.98. The third-order valence-corrected chi connectivity index (χ3v) is 4.23. The lowest BCUT2D eigenvalue weighted by Gasteiger charge is -2.10. The molecule has 1 N–H and O–H groups in total. The van der Waals surface area contributed by atoms with Gasteiger partial charge < -0.3 is 19.1 Å². The third kappa shape index (κ3) is 2.84. The largest absolute Gasteiger partial charge is 0.494 e. The Morgan fingerprint density at radius 3 is 2.85 bits per heavy atom. The standard InChI is InChI=1S/C19H18N4O4/c1-4-26-18-15(25-3)8-12(9-20-18)13-7-11(2)17-14(21-13)10-23(19(17)24)16-5-6-27-22-16/h5-10,24H,4H2,1-3H3. The van der Waals surface area contributed by atoms with Crippen molar-refractivity contribution in [3.63, 3.8) is 0 Å². The van der Waals surface area contributed by atoms with Crippen molar-refractivity contribution >= 4 is 10.9 Å². The molecule has 0 amide bonds. The molecular formula is C19H18N4O4. The summed E-state index contributed by atoms with van der Waals surface area (Å²) >= 11 is 0. The van der Waals surface area contributed by atoms with E-state index in [0.29, 0.717) is 40.7 Å². The van der Waals surface area contributed by atoms with Crippen LogP contribution in [0.2, 0.25) is 0 Å². The summed E-state index contributed by atoms with van der Waals surface area (Å²) in [5, 5.41) is 15.1. The summed E-state index contributed by atoms with van der Waals surface area (Å²) < 4.78 is 17.2. The number of fused-ring (bicyclic) bond motifs is 1. The van der Waals surface area contributed by atoms with E-state index in [1.165, 1.54) is 10.8 Å². The average Bonchev–Trinajstić information content (AvgIpc) is 3.30. The minimum Gasteiger partial charge on any atom is -0.494 e.